The molecule has 4 rings (SSSR count). The number of hydrogen-bond donors (Lipinski definition) is 0. The van der Waals surface area contributed by atoms with Gasteiger partial charge < -0.3 is 14.1 Å². The van der Waals surface area contributed by atoms with Gasteiger partial charge in [-0.3, -0.25) is 4.79 Å². The average molecular weight is 585 g/mol. The minimum atomic E-state index is -2.89. The first-order valence-corrected chi connectivity index (χ1v) is 14.9. The summed E-state index contributed by atoms with van der Waals surface area (Å²) in [7, 11) is -1.68. The third-order valence-corrected chi connectivity index (χ3v) is 12.4. The van der Waals surface area contributed by atoms with Gasteiger partial charge in [-0.25, -0.2) is 9.18 Å². The lowest BCUT2D eigenvalue weighted by Gasteiger charge is -2.44. The molecule has 1 unspecified atom stereocenters. The van der Waals surface area contributed by atoms with Crippen molar-refractivity contribution in [2.24, 2.45) is 0 Å². The van der Waals surface area contributed by atoms with E-state index in [4.69, 9.17) is 9.16 Å². The highest BCUT2D eigenvalue weighted by Crippen LogP contribution is 2.38. The summed E-state index contributed by atoms with van der Waals surface area (Å²) in [4.78, 5) is 27.5. The SMILES string of the molecule is COC(=O)c1c(F)cc(Br)cc1N1CCC(=O)C1CO[Si](c1ccccc1)(c1ccccc1)C(C)(C)C. The number of benzene rings is 3. The van der Waals surface area contributed by atoms with E-state index in [9.17, 15) is 14.0 Å². The van der Waals surface area contributed by atoms with E-state index in [0.717, 1.165) is 10.4 Å². The van der Waals surface area contributed by atoms with E-state index in [0.29, 0.717) is 16.7 Å². The van der Waals surface area contributed by atoms with Gasteiger partial charge in [0.15, 0.2) is 5.78 Å². The van der Waals surface area contributed by atoms with Crippen molar-refractivity contribution >= 4 is 52.1 Å². The van der Waals surface area contributed by atoms with Crippen molar-refractivity contribution in [2.75, 3.05) is 25.2 Å². The fraction of sp³-hybridized carbons (Fsp3) is 0.310. The molecule has 8 heteroatoms. The van der Waals surface area contributed by atoms with Crippen LogP contribution in [0.4, 0.5) is 10.1 Å². The summed E-state index contributed by atoms with van der Waals surface area (Å²) >= 11 is 3.33. The Morgan fingerprint density at radius 2 is 1.62 bits per heavy atom. The topological polar surface area (TPSA) is 55.8 Å². The Bertz CT molecular complexity index is 1240. The molecule has 1 atom stereocenters. The third kappa shape index (κ3) is 5.15. The number of hydrogen-bond acceptors (Lipinski definition) is 5. The molecule has 5 nitrogen and oxygen atoms in total. The highest BCUT2D eigenvalue weighted by atomic mass is 79.9. The maximum atomic E-state index is 14.9. The summed E-state index contributed by atoms with van der Waals surface area (Å²) in [5.41, 5.74) is 0.136. The molecule has 0 saturated carbocycles. The lowest BCUT2D eigenvalue weighted by molar-refractivity contribution is -0.119. The fourth-order valence-electron chi connectivity index (χ4n) is 5.25. The zero-order valence-electron chi connectivity index (χ0n) is 21.5. The highest BCUT2D eigenvalue weighted by molar-refractivity contribution is 9.10. The minimum absolute atomic E-state index is 0.00543. The molecule has 1 heterocycles. The van der Waals surface area contributed by atoms with Crippen LogP contribution in [0.1, 0.15) is 37.6 Å². The fourth-order valence-corrected chi connectivity index (χ4v) is 10.2. The Morgan fingerprint density at radius 1 is 1.05 bits per heavy atom. The summed E-state index contributed by atoms with van der Waals surface area (Å²) in [5.74, 6) is -1.50. The van der Waals surface area contributed by atoms with Gasteiger partial charge in [-0.15, -0.1) is 0 Å². The first-order chi connectivity index (χ1) is 17.6. The van der Waals surface area contributed by atoms with Crippen LogP contribution in [0.2, 0.25) is 5.04 Å². The molecule has 0 aliphatic carbocycles. The summed E-state index contributed by atoms with van der Waals surface area (Å²) in [6.07, 6.45) is 0.281. The maximum Gasteiger partial charge on any atom is 0.342 e. The van der Waals surface area contributed by atoms with Crippen molar-refractivity contribution < 1.29 is 23.1 Å². The lowest BCUT2D eigenvalue weighted by atomic mass is 10.1. The molecule has 0 bridgehead atoms. The molecule has 1 aliphatic heterocycles. The van der Waals surface area contributed by atoms with Gasteiger partial charge in [0.25, 0.3) is 8.32 Å². The first-order valence-electron chi connectivity index (χ1n) is 12.2. The van der Waals surface area contributed by atoms with Crippen molar-refractivity contribution in [3.05, 3.63) is 88.6 Å². The Hall–Kier alpha value is -2.81. The van der Waals surface area contributed by atoms with Gasteiger partial charge >= 0.3 is 5.97 Å². The van der Waals surface area contributed by atoms with Gasteiger partial charge in [-0.05, 0) is 27.5 Å². The van der Waals surface area contributed by atoms with Gasteiger partial charge in [0, 0.05) is 17.4 Å². The number of rotatable bonds is 7. The number of esters is 1. The van der Waals surface area contributed by atoms with Crippen molar-refractivity contribution in [3.63, 3.8) is 0 Å². The standard InChI is InChI=1S/C29H31BrFNO4Si/c1-29(2,3)37(21-11-7-5-8-12-21,22-13-9-6-10-14-22)36-19-25-26(33)15-16-32(25)24-18-20(30)17-23(31)27(24)28(34)35-4/h5-14,17-18,25H,15-16,19H2,1-4H3. The second kappa shape index (κ2) is 10.9. The molecule has 0 amide bonds. The number of methoxy groups -OCH3 is 1. The minimum Gasteiger partial charge on any atom is -0.465 e. The van der Waals surface area contributed by atoms with Crippen LogP contribution in [0.3, 0.4) is 0 Å². The van der Waals surface area contributed by atoms with E-state index in [1.54, 1.807) is 11.0 Å². The van der Waals surface area contributed by atoms with Gasteiger partial charge in [-0.2, -0.15) is 0 Å². The quantitative estimate of drug-likeness (QED) is 0.286. The largest absolute Gasteiger partial charge is 0.465 e. The van der Waals surface area contributed by atoms with Crippen LogP contribution < -0.4 is 15.3 Å². The van der Waals surface area contributed by atoms with E-state index in [1.807, 2.05) is 36.4 Å². The summed E-state index contributed by atoms with van der Waals surface area (Å²) in [6, 6.07) is 22.6. The summed E-state index contributed by atoms with van der Waals surface area (Å²) in [6.45, 7) is 6.99. The van der Waals surface area contributed by atoms with E-state index in [-0.39, 0.29) is 29.4 Å². The molecule has 3 aromatic carbocycles. The van der Waals surface area contributed by atoms with Crippen LogP contribution in [-0.4, -0.2) is 46.4 Å². The average Bonchev–Trinajstić information content (AvgIpc) is 3.24. The number of carbonyl (C=O) groups excluding carboxylic acids is 2. The van der Waals surface area contributed by atoms with Crippen molar-refractivity contribution in [3.8, 4) is 0 Å². The second-order valence-corrected chi connectivity index (χ2v) is 15.4. The number of ketones is 1. The number of carbonyl (C=O) groups is 2. The predicted molar refractivity (Wildman–Crippen MR) is 150 cm³/mol. The van der Waals surface area contributed by atoms with E-state index in [1.165, 1.54) is 13.2 Å². The van der Waals surface area contributed by atoms with Gasteiger partial charge in [0.2, 0.25) is 0 Å². The number of Topliss-reactive ketones (excluding diaryl/α,β-unsaturated/α-hetero) is 1. The van der Waals surface area contributed by atoms with Crippen molar-refractivity contribution in [1.29, 1.82) is 0 Å². The Labute approximate surface area is 226 Å². The van der Waals surface area contributed by atoms with Crippen molar-refractivity contribution in [2.45, 2.75) is 38.3 Å². The monoisotopic (exact) mass is 583 g/mol. The Balaban J connectivity index is 1.79. The molecule has 3 aromatic rings. The van der Waals surface area contributed by atoms with Crippen LogP contribution in [-0.2, 0) is 14.0 Å². The lowest BCUT2D eigenvalue weighted by Crippen LogP contribution is -2.67. The van der Waals surface area contributed by atoms with E-state index >= 15 is 0 Å². The third-order valence-electron chi connectivity index (χ3n) is 6.95. The Morgan fingerprint density at radius 3 is 2.14 bits per heavy atom. The zero-order chi connectivity index (χ0) is 26.8. The number of nitrogens with zero attached hydrogens (tertiary/aromatic N) is 1. The van der Waals surface area contributed by atoms with Gasteiger partial charge in [0.1, 0.15) is 17.4 Å². The van der Waals surface area contributed by atoms with Crippen LogP contribution in [0.25, 0.3) is 0 Å². The molecule has 0 aromatic heterocycles. The van der Waals surface area contributed by atoms with Crippen LogP contribution >= 0.6 is 15.9 Å². The molecule has 1 fully saturated rings. The van der Waals surface area contributed by atoms with E-state index in [2.05, 4.69) is 61.0 Å². The molecule has 1 aliphatic rings. The number of ether oxygens (including phenoxy) is 1. The normalized spacial score (nSPS) is 16.2. The predicted octanol–water partition coefficient (Wildman–Crippen LogP) is 5.10. The van der Waals surface area contributed by atoms with Crippen LogP contribution in [0.5, 0.6) is 0 Å². The number of anilines is 1. The van der Waals surface area contributed by atoms with E-state index < -0.39 is 26.1 Å². The summed E-state index contributed by atoms with van der Waals surface area (Å²) < 4.78 is 27.3. The second-order valence-electron chi connectivity index (χ2n) is 10.2. The summed E-state index contributed by atoms with van der Waals surface area (Å²) in [5, 5.41) is 1.95. The van der Waals surface area contributed by atoms with Crippen LogP contribution in [0.15, 0.2) is 77.3 Å². The maximum absolute atomic E-state index is 14.9. The molecular formula is C29H31BrFNO4Si. The molecule has 0 spiro atoms. The molecule has 0 N–H and O–H groups in total. The zero-order valence-corrected chi connectivity index (χ0v) is 24.0. The van der Waals surface area contributed by atoms with Crippen LogP contribution in [0, 0.1) is 5.82 Å². The van der Waals surface area contributed by atoms with Gasteiger partial charge in [0.05, 0.1) is 19.4 Å². The molecule has 37 heavy (non-hydrogen) atoms. The van der Waals surface area contributed by atoms with Gasteiger partial charge in [-0.1, -0.05) is 97.4 Å². The smallest absolute Gasteiger partial charge is 0.342 e. The molecule has 1 saturated heterocycles. The van der Waals surface area contributed by atoms with Crippen molar-refractivity contribution in [1.82, 2.24) is 0 Å². The highest BCUT2D eigenvalue weighted by Gasteiger charge is 2.51. The Kier molecular flexibility index (Phi) is 8.01. The first kappa shape index (κ1) is 27.2. The molecule has 194 valence electrons. The molecular weight excluding hydrogens is 553 g/mol. The molecule has 0 radical (unpaired) electrons. The number of halogens is 2.